The molecule has 1 fully saturated rings. The predicted molar refractivity (Wildman–Crippen MR) is 95.2 cm³/mol. The Labute approximate surface area is 145 Å². The van der Waals surface area contributed by atoms with Gasteiger partial charge in [-0.2, -0.15) is 0 Å². The van der Waals surface area contributed by atoms with Crippen molar-refractivity contribution in [3.05, 3.63) is 16.8 Å². The fourth-order valence-electron chi connectivity index (χ4n) is 2.90. The molecule has 0 aliphatic heterocycles. The Hall–Kier alpha value is -1.14. The highest BCUT2D eigenvalue weighted by atomic mass is 32.2. The minimum atomic E-state index is -0.255. The molecule has 0 N–H and O–H groups in total. The van der Waals surface area contributed by atoms with Gasteiger partial charge in [0.05, 0.1) is 0 Å². The van der Waals surface area contributed by atoms with Gasteiger partial charge in [-0.3, -0.25) is 4.79 Å². The lowest BCUT2D eigenvalue weighted by atomic mass is 9.98. The van der Waals surface area contributed by atoms with E-state index in [4.69, 9.17) is 4.74 Å². The first-order valence-corrected chi connectivity index (χ1v) is 9.83. The summed E-state index contributed by atoms with van der Waals surface area (Å²) >= 11 is 3.15. The zero-order chi connectivity index (χ0) is 16.4. The van der Waals surface area contributed by atoms with Crippen molar-refractivity contribution in [2.24, 2.45) is 0 Å². The number of fused-ring (bicyclic) bond motifs is 1. The first-order chi connectivity index (χ1) is 11.1. The van der Waals surface area contributed by atoms with E-state index in [1.165, 1.54) is 41.5 Å². The molecule has 4 nitrogen and oxygen atoms in total. The van der Waals surface area contributed by atoms with Gasteiger partial charge in [-0.1, -0.05) is 18.2 Å². The van der Waals surface area contributed by atoms with E-state index in [-0.39, 0.29) is 17.3 Å². The molecule has 0 aromatic carbocycles. The third-order valence-corrected chi connectivity index (χ3v) is 6.58. The van der Waals surface area contributed by atoms with Crippen molar-refractivity contribution in [3.8, 4) is 0 Å². The molecule has 6 heteroatoms. The standard InChI is InChI=1S/C17H22N2O2S2/c1-10-11(2)22-15-14(10)16(19-9-18-15)23-12(3)17(20)21-13-7-5-4-6-8-13/h9,12-13H,4-8H2,1-3H3/t12-/m0/s1. The molecule has 0 amide bonds. The van der Waals surface area contributed by atoms with Crippen molar-refractivity contribution in [2.45, 2.75) is 69.3 Å². The van der Waals surface area contributed by atoms with Crippen LogP contribution in [0.3, 0.4) is 0 Å². The molecule has 3 rings (SSSR count). The van der Waals surface area contributed by atoms with Crippen LogP contribution in [0.4, 0.5) is 0 Å². The molecule has 1 aliphatic rings. The first-order valence-electron chi connectivity index (χ1n) is 8.14. The smallest absolute Gasteiger partial charge is 0.319 e. The highest BCUT2D eigenvalue weighted by molar-refractivity contribution is 8.00. The van der Waals surface area contributed by atoms with Crippen LogP contribution in [0.5, 0.6) is 0 Å². The molecule has 1 aliphatic carbocycles. The van der Waals surface area contributed by atoms with Crippen LogP contribution in [0, 0.1) is 13.8 Å². The number of thioether (sulfide) groups is 1. The van der Waals surface area contributed by atoms with Crippen LogP contribution in [-0.2, 0) is 9.53 Å². The van der Waals surface area contributed by atoms with Gasteiger partial charge in [0, 0.05) is 10.3 Å². The summed E-state index contributed by atoms with van der Waals surface area (Å²) in [6, 6.07) is 0. The lowest BCUT2D eigenvalue weighted by molar-refractivity contribution is -0.149. The van der Waals surface area contributed by atoms with E-state index in [9.17, 15) is 4.79 Å². The maximum absolute atomic E-state index is 12.4. The van der Waals surface area contributed by atoms with E-state index in [0.717, 1.165) is 28.1 Å². The van der Waals surface area contributed by atoms with E-state index < -0.39 is 0 Å². The van der Waals surface area contributed by atoms with Crippen molar-refractivity contribution in [1.29, 1.82) is 0 Å². The number of nitrogens with zero attached hydrogens (tertiary/aromatic N) is 2. The van der Waals surface area contributed by atoms with E-state index in [1.54, 1.807) is 17.7 Å². The van der Waals surface area contributed by atoms with Gasteiger partial charge in [0.1, 0.15) is 27.5 Å². The summed E-state index contributed by atoms with van der Waals surface area (Å²) in [5, 5.41) is 1.71. The molecule has 2 aromatic heterocycles. The van der Waals surface area contributed by atoms with Crippen LogP contribution < -0.4 is 0 Å². The molecule has 0 unspecified atom stereocenters. The topological polar surface area (TPSA) is 52.1 Å². The lowest BCUT2D eigenvalue weighted by Crippen LogP contribution is -2.26. The lowest BCUT2D eigenvalue weighted by Gasteiger charge is -2.23. The van der Waals surface area contributed by atoms with Gasteiger partial charge in [-0.25, -0.2) is 9.97 Å². The van der Waals surface area contributed by atoms with E-state index in [2.05, 4.69) is 23.8 Å². The van der Waals surface area contributed by atoms with Gasteiger partial charge in [-0.05, 0) is 52.0 Å². The number of hydrogen-bond donors (Lipinski definition) is 0. The SMILES string of the molecule is Cc1sc2ncnc(S[C@@H](C)C(=O)OC3CCCCC3)c2c1C. The van der Waals surface area contributed by atoms with Gasteiger partial charge in [0.25, 0.3) is 0 Å². The Balaban J connectivity index is 1.72. The van der Waals surface area contributed by atoms with Crippen molar-refractivity contribution in [2.75, 3.05) is 0 Å². The number of aromatic nitrogens is 2. The van der Waals surface area contributed by atoms with Crippen molar-refractivity contribution in [1.82, 2.24) is 9.97 Å². The summed E-state index contributed by atoms with van der Waals surface area (Å²) in [5.74, 6) is -0.127. The Morgan fingerprint density at radius 2 is 2.04 bits per heavy atom. The quantitative estimate of drug-likeness (QED) is 0.456. The van der Waals surface area contributed by atoms with Crippen LogP contribution in [0.1, 0.15) is 49.5 Å². The number of aryl methyl sites for hydroxylation is 2. The maximum atomic E-state index is 12.4. The number of carbonyl (C=O) groups is 1. The van der Waals surface area contributed by atoms with Crippen molar-refractivity contribution < 1.29 is 9.53 Å². The second-order valence-electron chi connectivity index (χ2n) is 6.10. The Bertz CT molecular complexity index is 708. The van der Waals surface area contributed by atoms with Crippen molar-refractivity contribution in [3.63, 3.8) is 0 Å². The fourth-order valence-corrected chi connectivity index (χ4v) is 4.92. The average molecular weight is 351 g/mol. The third kappa shape index (κ3) is 3.69. The maximum Gasteiger partial charge on any atom is 0.319 e. The predicted octanol–water partition coefficient (Wildman–Crippen LogP) is 4.66. The minimum Gasteiger partial charge on any atom is -0.462 e. The van der Waals surface area contributed by atoms with Crippen LogP contribution in [-0.4, -0.2) is 27.3 Å². The summed E-state index contributed by atoms with van der Waals surface area (Å²) in [5.41, 5.74) is 1.21. The van der Waals surface area contributed by atoms with E-state index >= 15 is 0 Å². The molecular weight excluding hydrogens is 328 g/mol. The van der Waals surface area contributed by atoms with Crippen molar-refractivity contribution >= 4 is 39.3 Å². The molecule has 0 saturated heterocycles. The number of carbonyl (C=O) groups excluding carboxylic acids is 1. The first kappa shape index (κ1) is 16.7. The summed E-state index contributed by atoms with van der Waals surface area (Å²) in [6.07, 6.45) is 7.29. The molecule has 1 saturated carbocycles. The second-order valence-corrected chi connectivity index (χ2v) is 8.63. The fraction of sp³-hybridized carbons (Fsp3) is 0.588. The van der Waals surface area contributed by atoms with Crippen LogP contribution in [0.2, 0.25) is 0 Å². The number of rotatable bonds is 4. The van der Waals surface area contributed by atoms with Gasteiger partial charge < -0.3 is 4.74 Å². The molecular formula is C17H22N2O2S2. The summed E-state index contributed by atoms with van der Waals surface area (Å²) in [6.45, 7) is 6.09. The highest BCUT2D eigenvalue weighted by Crippen LogP contribution is 2.36. The Morgan fingerprint density at radius 1 is 1.30 bits per heavy atom. The zero-order valence-corrected chi connectivity index (χ0v) is 15.4. The largest absolute Gasteiger partial charge is 0.462 e. The summed E-state index contributed by atoms with van der Waals surface area (Å²) in [7, 11) is 0. The molecule has 0 spiro atoms. The third-order valence-electron chi connectivity index (χ3n) is 4.39. The number of thiophene rings is 1. The van der Waals surface area contributed by atoms with Crippen LogP contribution in [0.25, 0.3) is 10.2 Å². The van der Waals surface area contributed by atoms with E-state index in [0.29, 0.717) is 0 Å². The second kappa shape index (κ2) is 7.18. The Kier molecular flexibility index (Phi) is 5.21. The molecule has 2 aromatic rings. The molecule has 23 heavy (non-hydrogen) atoms. The number of esters is 1. The summed E-state index contributed by atoms with van der Waals surface area (Å²) in [4.78, 5) is 23.3. The highest BCUT2D eigenvalue weighted by Gasteiger charge is 2.24. The molecule has 0 bridgehead atoms. The molecule has 2 heterocycles. The van der Waals surface area contributed by atoms with Crippen LogP contribution in [0.15, 0.2) is 11.4 Å². The normalized spacial score (nSPS) is 17.3. The molecule has 1 atom stereocenters. The average Bonchev–Trinajstić information content (AvgIpc) is 2.84. The van der Waals surface area contributed by atoms with E-state index in [1.807, 2.05) is 6.92 Å². The monoisotopic (exact) mass is 350 g/mol. The zero-order valence-electron chi connectivity index (χ0n) is 13.8. The summed E-state index contributed by atoms with van der Waals surface area (Å²) < 4.78 is 5.67. The van der Waals surface area contributed by atoms with Gasteiger partial charge >= 0.3 is 5.97 Å². The van der Waals surface area contributed by atoms with Crippen LogP contribution >= 0.6 is 23.1 Å². The number of ether oxygens (including phenoxy) is 1. The van der Waals surface area contributed by atoms with Gasteiger partial charge in [0.15, 0.2) is 0 Å². The Morgan fingerprint density at radius 3 is 2.78 bits per heavy atom. The number of hydrogen-bond acceptors (Lipinski definition) is 6. The molecule has 0 radical (unpaired) electrons. The molecule has 124 valence electrons. The van der Waals surface area contributed by atoms with Gasteiger partial charge in [-0.15, -0.1) is 11.3 Å². The van der Waals surface area contributed by atoms with Gasteiger partial charge in [0.2, 0.25) is 0 Å². The minimum absolute atomic E-state index is 0.106.